The van der Waals surface area contributed by atoms with Crippen LogP contribution in [-0.2, 0) is 0 Å². The highest BCUT2D eigenvalue weighted by Crippen LogP contribution is 2.24. The van der Waals surface area contributed by atoms with Gasteiger partial charge in [0.25, 0.3) is 5.69 Å². The lowest BCUT2D eigenvalue weighted by Gasteiger charge is -2.16. The molecule has 0 spiro atoms. The van der Waals surface area contributed by atoms with E-state index >= 15 is 0 Å². The van der Waals surface area contributed by atoms with Gasteiger partial charge in [0.15, 0.2) is 0 Å². The maximum atomic E-state index is 10.7. The Bertz CT molecular complexity index is 644. The molecule has 1 atom stereocenters. The van der Waals surface area contributed by atoms with Crippen LogP contribution in [0.5, 0.6) is 0 Å². The average Bonchev–Trinajstić information content (AvgIpc) is 2.84. The molecule has 0 bridgehead atoms. The topological polar surface area (TPSA) is 79.5 Å². The van der Waals surface area contributed by atoms with E-state index in [9.17, 15) is 15.2 Å². The first kappa shape index (κ1) is 11.9. The quantitative estimate of drug-likeness (QED) is 0.656. The van der Waals surface area contributed by atoms with Crippen LogP contribution in [0.4, 0.5) is 11.5 Å². The summed E-state index contributed by atoms with van der Waals surface area (Å²) in [6.45, 7) is 1.37. The zero-order chi connectivity index (χ0) is 13.4. The highest BCUT2D eigenvalue weighted by molar-refractivity contribution is 5.82. The predicted molar refractivity (Wildman–Crippen MR) is 71.2 cm³/mol. The van der Waals surface area contributed by atoms with Crippen molar-refractivity contribution < 1.29 is 10.0 Å². The summed E-state index contributed by atoms with van der Waals surface area (Å²) in [6, 6.07) is 8.30. The molecule has 1 aromatic carbocycles. The van der Waals surface area contributed by atoms with Crippen molar-refractivity contribution in [2.75, 3.05) is 18.0 Å². The molecule has 6 nitrogen and oxygen atoms in total. The second kappa shape index (κ2) is 4.47. The SMILES string of the molecule is O=[N+]([O-])c1ccc2nc(N3CC[C@H](O)C3)ccc2c1. The Balaban J connectivity index is 1.97. The molecule has 0 amide bonds. The first-order valence-corrected chi connectivity index (χ1v) is 6.12. The molecule has 98 valence electrons. The molecule has 1 N–H and O–H groups in total. The van der Waals surface area contributed by atoms with Crippen LogP contribution in [0.1, 0.15) is 6.42 Å². The van der Waals surface area contributed by atoms with Gasteiger partial charge in [-0.1, -0.05) is 0 Å². The van der Waals surface area contributed by atoms with E-state index in [2.05, 4.69) is 4.98 Å². The van der Waals surface area contributed by atoms with Crippen LogP contribution < -0.4 is 4.90 Å². The third-order valence-electron chi connectivity index (χ3n) is 3.36. The first-order chi connectivity index (χ1) is 9.13. The number of nitro groups is 1. The number of anilines is 1. The molecule has 1 aliphatic rings. The minimum atomic E-state index is -0.413. The number of non-ortho nitro benzene ring substituents is 1. The van der Waals surface area contributed by atoms with Gasteiger partial charge in [0.05, 0.1) is 16.5 Å². The van der Waals surface area contributed by atoms with Crippen LogP contribution >= 0.6 is 0 Å². The molecule has 3 rings (SSSR count). The summed E-state index contributed by atoms with van der Waals surface area (Å²) in [4.78, 5) is 16.8. The Morgan fingerprint density at radius 1 is 1.37 bits per heavy atom. The molecule has 1 saturated heterocycles. The van der Waals surface area contributed by atoms with Crippen molar-refractivity contribution in [1.29, 1.82) is 0 Å². The van der Waals surface area contributed by atoms with Crippen molar-refractivity contribution >= 4 is 22.4 Å². The summed E-state index contributed by atoms with van der Waals surface area (Å²) < 4.78 is 0. The number of aromatic nitrogens is 1. The number of pyridine rings is 1. The summed E-state index contributed by atoms with van der Waals surface area (Å²) in [6.07, 6.45) is 0.453. The van der Waals surface area contributed by atoms with E-state index < -0.39 is 4.92 Å². The van der Waals surface area contributed by atoms with Gasteiger partial charge in [0.1, 0.15) is 5.82 Å². The summed E-state index contributed by atoms with van der Waals surface area (Å²) in [5, 5.41) is 21.0. The lowest BCUT2D eigenvalue weighted by molar-refractivity contribution is -0.384. The number of β-amino-alcohol motifs (C(OH)–C–C–N with tert-alkyl or cyclic N) is 1. The minimum absolute atomic E-state index is 0.0682. The van der Waals surface area contributed by atoms with Crippen LogP contribution in [0.15, 0.2) is 30.3 Å². The Morgan fingerprint density at radius 3 is 2.89 bits per heavy atom. The van der Waals surface area contributed by atoms with Gasteiger partial charge in [0.2, 0.25) is 0 Å². The predicted octanol–water partition coefficient (Wildman–Crippen LogP) is 1.71. The van der Waals surface area contributed by atoms with Gasteiger partial charge in [-0.3, -0.25) is 10.1 Å². The maximum absolute atomic E-state index is 10.7. The average molecular weight is 259 g/mol. The normalized spacial score (nSPS) is 19.0. The molecule has 1 aromatic heterocycles. The van der Waals surface area contributed by atoms with E-state index in [4.69, 9.17) is 0 Å². The molecule has 0 radical (unpaired) electrons. The number of fused-ring (bicyclic) bond motifs is 1. The molecule has 0 aliphatic carbocycles. The molecule has 1 fully saturated rings. The lowest BCUT2D eigenvalue weighted by Crippen LogP contribution is -2.22. The third-order valence-corrected chi connectivity index (χ3v) is 3.36. The van der Waals surface area contributed by atoms with E-state index in [0.717, 1.165) is 29.7 Å². The van der Waals surface area contributed by atoms with Crippen LogP contribution in [0.2, 0.25) is 0 Å². The molecule has 2 aromatic rings. The fourth-order valence-corrected chi connectivity index (χ4v) is 2.34. The summed E-state index contributed by atoms with van der Waals surface area (Å²) in [5.41, 5.74) is 0.795. The summed E-state index contributed by atoms with van der Waals surface area (Å²) >= 11 is 0. The minimum Gasteiger partial charge on any atom is -0.391 e. The maximum Gasteiger partial charge on any atom is 0.270 e. The van der Waals surface area contributed by atoms with Crippen molar-refractivity contribution in [2.24, 2.45) is 0 Å². The Morgan fingerprint density at radius 2 is 2.21 bits per heavy atom. The van der Waals surface area contributed by atoms with Gasteiger partial charge in [-0.15, -0.1) is 0 Å². The summed E-state index contributed by atoms with van der Waals surface area (Å²) in [7, 11) is 0. The van der Waals surface area contributed by atoms with E-state index in [1.807, 2.05) is 17.0 Å². The Labute approximate surface area is 109 Å². The zero-order valence-corrected chi connectivity index (χ0v) is 10.2. The number of benzene rings is 1. The monoisotopic (exact) mass is 259 g/mol. The second-order valence-corrected chi connectivity index (χ2v) is 4.69. The molecular weight excluding hydrogens is 246 g/mol. The zero-order valence-electron chi connectivity index (χ0n) is 10.2. The molecular formula is C13H13N3O3. The van der Waals surface area contributed by atoms with Gasteiger partial charge < -0.3 is 10.0 Å². The Hall–Kier alpha value is -2.21. The molecule has 2 heterocycles. The van der Waals surface area contributed by atoms with E-state index in [-0.39, 0.29) is 11.8 Å². The van der Waals surface area contributed by atoms with Crippen LogP contribution in [-0.4, -0.2) is 34.2 Å². The lowest BCUT2D eigenvalue weighted by atomic mass is 10.2. The van der Waals surface area contributed by atoms with Crippen LogP contribution in [0.3, 0.4) is 0 Å². The molecule has 6 heteroatoms. The number of hydrogen-bond acceptors (Lipinski definition) is 5. The molecule has 19 heavy (non-hydrogen) atoms. The molecule has 0 unspecified atom stereocenters. The first-order valence-electron chi connectivity index (χ1n) is 6.12. The standard InChI is InChI=1S/C13H13N3O3/c17-11-5-6-15(8-11)13-4-1-9-7-10(16(18)19)2-3-12(9)14-13/h1-4,7,11,17H,5-6,8H2/t11-/m0/s1. The number of aliphatic hydroxyl groups excluding tert-OH is 1. The molecule has 1 aliphatic heterocycles. The largest absolute Gasteiger partial charge is 0.391 e. The van der Waals surface area contributed by atoms with Crippen molar-refractivity contribution in [3.05, 3.63) is 40.4 Å². The van der Waals surface area contributed by atoms with Gasteiger partial charge in [-0.05, 0) is 24.6 Å². The fourth-order valence-electron chi connectivity index (χ4n) is 2.34. The van der Waals surface area contributed by atoms with Crippen molar-refractivity contribution in [3.8, 4) is 0 Å². The van der Waals surface area contributed by atoms with Crippen molar-refractivity contribution in [2.45, 2.75) is 12.5 Å². The number of rotatable bonds is 2. The smallest absolute Gasteiger partial charge is 0.270 e. The number of hydrogen-bond donors (Lipinski definition) is 1. The Kier molecular flexibility index (Phi) is 2.79. The summed E-state index contributed by atoms with van der Waals surface area (Å²) in [5.74, 6) is 0.804. The second-order valence-electron chi connectivity index (χ2n) is 4.69. The van der Waals surface area contributed by atoms with E-state index in [1.165, 1.54) is 12.1 Å². The highest BCUT2D eigenvalue weighted by Gasteiger charge is 2.21. The van der Waals surface area contributed by atoms with Gasteiger partial charge in [-0.2, -0.15) is 0 Å². The van der Waals surface area contributed by atoms with E-state index in [1.54, 1.807) is 6.07 Å². The van der Waals surface area contributed by atoms with Crippen molar-refractivity contribution in [1.82, 2.24) is 4.98 Å². The van der Waals surface area contributed by atoms with Crippen LogP contribution in [0.25, 0.3) is 10.9 Å². The molecule has 0 saturated carbocycles. The van der Waals surface area contributed by atoms with Gasteiger partial charge in [-0.25, -0.2) is 4.98 Å². The number of aliphatic hydroxyl groups is 1. The van der Waals surface area contributed by atoms with Gasteiger partial charge >= 0.3 is 0 Å². The van der Waals surface area contributed by atoms with Gasteiger partial charge in [0, 0.05) is 30.6 Å². The highest BCUT2D eigenvalue weighted by atomic mass is 16.6. The fraction of sp³-hybridized carbons (Fsp3) is 0.308. The number of nitro benzene ring substituents is 1. The number of nitrogens with zero attached hydrogens (tertiary/aromatic N) is 3. The van der Waals surface area contributed by atoms with E-state index in [0.29, 0.717) is 6.54 Å². The van der Waals surface area contributed by atoms with Crippen molar-refractivity contribution in [3.63, 3.8) is 0 Å². The van der Waals surface area contributed by atoms with Crippen LogP contribution in [0, 0.1) is 10.1 Å². The third kappa shape index (κ3) is 2.22.